The number of aromatic nitrogens is 2. The van der Waals surface area contributed by atoms with Crippen LogP contribution >= 0.6 is 46.3 Å². The van der Waals surface area contributed by atoms with Crippen LogP contribution in [0.15, 0.2) is 47.6 Å². The number of carbonyl (C=O) groups is 1. The Balaban J connectivity index is 1.50. The van der Waals surface area contributed by atoms with Gasteiger partial charge in [0.2, 0.25) is 0 Å². The number of alkyl halides is 3. The molecule has 1 saturated heterocycles. The van der Waals surface area contributed by atoms with Crippen molar-refractivity contribution in [2.45, 2.75) is 44.0 Å². The molecule has 0 aliphatic carbocycles. The molecule has 1 aliphatic rings. The van der Waals surface area contributed by atoms with Gasteiger partial charge >= 0.3 is 12.1 Å². The molecule has 41 heavy (non-hydrogen) atoms. The first-order valence-electron chi connectivity index (χ1n) is 11.8. The molecule has 0 spiro atoms. The molecule has 2 aromatic carbocycles. The van der Waals surface area contributed by atoms with Crippen LogP contribution in [0.3, 0.4) is 0 Å². The molecule has 1 aliphatic heterocycles. The standard InChI is InChI=1S/C24H22Cl3F3N4O5S2/c1-23(2)12-33(11-14-7-15(25)9-16(26)8-14)6-5-20(23)38-19-4-3-17(10-18(19)27)41(36,37)34(22-31-13-32-40-22)39-21(35)24(28,29)30/h3-4,7-10,13,20H,5-6,11-12H2,1-2H3. The predicted molar refractivity (Wildman–Crippen MR) is 148 cm³/mol. The maximum atomic E-state index is 13.2. The van der Waals surface area contributed by atoms with Crippen molar-refractivity contribution < 1.29 is 36.0 Å². The summed E-state index contributed by atoms with van der Waals surface area (Å²) >= 11 is 19.0. The van der Waals surface area contributed by atoms with Gasteiger partial charge in [-0.2, -0.15) is 26.0 Å². The number of nitrogens with zero attached hydrogens (tertiary/aromatic N) is 4. The number of hydrogen-bond acceptors (Lipinski definition) is 9. The van der Waals surface area contributed by atoms with Gasteiger partial charge in [-0.3, -0.25) is 4.90 Å². The number of sulfonamides is 1. The summed E-state index contributed by atoms with van der Waals surface area (Å²) in [5.74, 6) is -2.58. The van der Waals surface area contributed by atoms with E-state index in [2.05, 4.69) is 19.1 Å². The number of halogens is 6. The number of piperidine rings is 1. The van der Waals surface area contributed by atoms with Crippen molar-refractivity contribution in [1.29, 1.82) is 0 Å². The van der Waals surface area contributed by atoms with E-state index in [0.29, 0.717) is 47.6 Å². The van der Waals surface area contributed by atoms with E-state index in [4.69, 9.17) is 39.5 Å². The van der Waals surface area contributed by atoms with E-state index in [0.717, 1.165) is 24.0 Å². The smallest absolute Gasteiger partial charge is 0.488 e. The van der Waals surface area contributed by atoms with Crippen LogP contribution < -0.4 is 9.21 Å². The fraction of sp³-hybridized carbons (Fsp3) is 0.375. The minimum atomic E-state index is -5.46. The molecule has 1 fully saturated rings. The topological polar surface area (TPSA) is 102 Å². The number of benzene rings is 2. The zero-order valence-corrected chi connectivity index (χ0v) is 25.3. The molecule has 0 saturated carbocycles. The van der Waals surface area contributed by atoms with Crippen molar-refractivity contribution in [3.63, 3.8) is 0 Å². The Morgan fingerprint density at radius 1 is 1.17 bits per heavy atom. The predicted octanol–water partition coefficient (Wildman–Crippen LogP) is 6.39. The van der Waals surface area contributed by atoms with E-state index in [1.54, 1.807) is 6.07 Å². The quantitative estimate of drug-likeness (QED) is 0.254. The molecule has 0 bridgehead atoms. The summed E-state index contributed by atoms with van der Waals surface area (Å²) in [6.07, 6.45) is -4.24. The minimum Gasteiger partial charge on any atom is -0.488 e. The second-order valence-electron chi connectivity index (χ2n) is 9.80. The highest BCUT2D eigenvalue weighted by Crippen LogP contribution is 2.38. The fourth-order valence-corrected chi connectivity index (χ4v) is 7.07. The molecule has 0 N–H and O–H groups in total. The summed E-state index contributed by atoms with van der Waals surface area (Å²) in [7, 11) is -4.89. The molecule has 222 valence electrons. The highest BCUT2D eigenvalue weighted by molar-refractivity contribution is 7.92. The lowest BCUT2D eigenvalue weighted by Crippen LogP contribution is -2.50. The highest BCUT2D eigenvalue weighted by Gasteiger charge is 2.46. The SMILES string of the molecule is CC1(C)CN(Cc2cc(Cl)cc(Cl)c2)CCC1Oc1ccc(S(=O)(=O)N(OC(=O)C(F)(F)F)c2ncns2)cc1Cl. The summed E-state index contributed by atoms with van der Waals surface area (Å²) < 4.78 is 74.3. The monoisotopic (exact) mass is 672 g/mol. The van der Waals surface area contributed by atoms with E-state index in [1.807, 2.05) is 26.0 Å². The third-order valence-electron chi connectivity index (χ3n) is 6.13. The average Bonchev–Trinajstić information content (AvgIpc) is 3.37. The van der Waals surface area contributed by atoms with E-state index >= 15 is 0 Å². The molecule has 9 nitrogen and oxygen atoms in total. The molecule has 17 heteroatoms. The molecular weight excluding hydrogens is 652 g/mol. The van der Waals surface area contributed by atoms with Crippen LogP contribution in [0.2, 0.25) is 15.1 Å². The average molecular weight is 674 g/mol. The molecule has 3 aromatic rings. The number of rotatable bonds is 8. The van der Waals surface area contributed by atoms with Gasteiger partial charge in [0.05, 0.1) is 9.92 Å². The third kappa shape index (κ3) is 7.54. The molecule has 1 unspecified atom stereocenters. The van der Waals surface area contributed by atoms with Crippen molar-refractivity contribution in [3.05, 3.63) is 63.4 Å². The molecule has 0 amide bonds. The number of hydrogen-bond donors (Lipinski definition) is 0. The van der Waals surface area contributed by atoms with Crippen LogP contribution in [-0.4, -0.2) is 54.0 Å². The Hall–Kier alpha value is -2.36. The second-order valence-corrected chi connectivity index (χ2v) is 13.6. The Morgan fingerprint density at radius 2 is 1.85 bits per heavy atom. The molecular formula is C24H22Cl3F3N4O5S2. The Labute approximate surface area is 252 Å². The van der Waals surface area contributed by atoms with Crippen molar-refractivity contribution >= 4 is 67.5 Å². The van der Waals surface area contributed by atoms with E-state index in [9.17, 15) is 26.4 Å². The van der Waals surface area contributed by atoms with Crippen LogP contribution in [0, 0.1) is 5.41 Å². The number of ether oxygens (including phenoxy) is 1. The summed E-state index contributed by atoms with van der Waals surface area (Å²) in [5.41, 5.74) is 0.621. The van der Waals surface area contributed by atoms with E-state index < -0.39 is 32.2 Å². The number of carbonyl (C=O) groups excluding carboxylic acids is 1. The maximum absolute atomic E-state index is 13.2. The van der Waals surface area contributed by atoms with Gasteiger partial charge in [-0.25, -0.2) is 9.78 Å². The van der Waals surface area contributed by atoms with Gasteiger partial charge in [0, 0.05) is 46.6 Å². The fourth-order valence-electron chi connectivity index (χ4n) is 4.31. The summed E-state index contributed by atoms with van der Waals surface area (Å²) in [5, 5.41) is 0.370. The zero-order chi connectivity index (χ0) is 30.2. The van der Waals surface area contributed by atoms with Crippen LogP contribution in [0.25, 0.3) is 0 Å². The van der Waals surface area contributed by atoms with Gasteiger partial charge in [0.1, 0.15) is 18.2 Å². The number of likely N-dealkylation sites (tertiary alicyclic amines) is 1. The Kier molecular flexibility index (Phi) is 9.31. The molecule has 0 radical (unpaired) electrons. The van der Waals surface area contributed by atoms with Gasteiger partial charge in [-0.15, -0.1) is 0 Å². The lowest BCUT2D eigenvalue weighted by atomic mass is 9.81. The first kappa shape index (κ1) is 31.6. The highest BCUT2D eigenvalue weighted by atomic mass is 35.5. The van der Waals surface area contributed by atoms with Gasteiger partial charge in [0.15, 0.2) is 0 Å². The molecule has 1 aromatic heterocycles. The van der Waals surface area contributed by atoms with Crippen molar-refractivity contribution in [3.8, 4) is 5.75 Å². The van der Waals surface area contributed by atoms with E-state index in [1.165, 1.54) is 6.07 Å². The Morgan fingerprint density at radius 3 is 2.41 bits per heavy atom. The van der Waals surface area contributed by atoms with E-state index in [-0.39, 0.29) is 26.8 Å². The summed E-state index contributed by atoms with van der Waals surface area (Å²) in [6.45, 7) is 6.03. The van der Waals surface area contributed by atoms with Crippen LogP contribution in [0.5, 0.6) is 5.75 Å². The van der Waals surface area contributed by atoms with Gasteiger partial charge < -0.3 is 9.57 Å². The maximum Gasteiger partial charge on any atom is 0.493 e. The second kappa shape index (κ2) is 12.1. The lowest BCUT2D eigenvalue weighted by Gasteiger charge is -2.44. The molecule has 2 heterocycles. The summed E-state index contributed by atoms with van der Waals surface area (Å²) in [4.78, 5) is 20.8. The van der Waals surface area contributed by atoms with Crippen LogP contribution in [0.1, 0.15) is 25.8 Å². The minimum absolute atomic E-state index is 0.114. The zero-order valence-electron chi connectivity index (χ0n) is 21.4. The van der Waals surface area contributed by atoms with Crippen molar-refractivity contribution in [2.75, 3.05) is 17.6 Å². The third-order valence-corrected chi connectivity index (χ3v) is 9.15. The molecule has 4 rings (SSSR count). The van der Waals surface area contributed by atoms with Crippen molar-refractivity contribution in [1.82, 2.24) is 14.3 Å². The lowest BCUT2D eigenvalue weighted by molar-refractivity contribution is -0.199. The van der Waals surface area contributed by atoms with Gasteiger partial charge in [-0.05, 0) is 48.4 Å². The normalized spacial score (nSPS) is 17.7. The van der Waals surface area contributed by atoms with Crippen LogP contribution in [0.4, 0.5) is 18.3 Å². The van der Waals surface area contributed by atoms with Crippen LogP contribution in [-0.2, 0) is 26.2 Å². The van der Waals surface area contributed by atoms with Gasteiger partial charge in [0.25, 0.3) is 15.2 Å². The first-order valence-corrected chi connectivity index (χ1v) is 15.2. The first-order chi connectivity index (χ1) is 19.1. The number of anilines is 1. The Bertz CT molecular complexity index is 1500. The van der Waals surface area contributed by atoms with Crippen molar-refractivity contribution in [2.24, 2.45) is 5.41 Å². The van der Waals surface area contributed by atoms with Gasteiger partial charge in [-0.1, -0.05) is 53.1 Å². The summed E-state index contributed by atoms with van der Waals surface area (Å²) in [6, 6.07) is 8.74. The molecule has 1 atom stereocenters. The largest absolute Gasteiger partial charge is 0.493 e.